The highest BCUT2D eigenvalue weighted by atomic mass is 32.1. The number of hydrogen-bond donors (Lipinski definition) is 0. The highest BCUT2D eigenvalue weighted by Crippen LogP contribution is 2.47. The van der Waals surface area contributed by atoms with Crippen LogP contribution in [0.25, 0.3) is 21.7 Å². The Labute approximate surface area is 226 Å². The number of esters is 1. The normalized spacial score (nSPS) is 17.9. The fraction of sp³-hybridized carbons (Fsp3) is 0.483. The third-order valence-corrected chi connectivity index (χ3v) is 8.59. The minimum absolute atomic E-state index is 0.00147. The predicted molar refractivity (Wildman–Crippen MR) is 148 cm³/mol. The lowest BCUT2D eigenvalue weighted by molar-refractivity contribution is 0.0331. The molecule has 202 valence electrons. The molecule has 1 aromatic carbocycles. The summed E-state index contributed by atoms with van der Waals surface area (Å²) in [5.74, 6) is 0.0766. The molecular formula is C29H34FN3O4S. The van der Waals surface area contributed by atoms with Crippen molar-refractivity contribution in [1.82, 2.24) is 9.55 Å². The summed E-state index contributed by atoms with van der Waals surface area (Å²) in [6.45, 7) is 11.0. The van der Waals surface area contributed by atoms with Crippen LogP contribution in [0, 0.1) is 5.41 Å². The zero-order chi connectivity index (χ0) is 27.4. The fourth-order valence-electron chi connectivity index (χ4n) is 5.05. The van der Waals surface area contributed by atoms with E-state index in [2.05, 4.69) is 36.4 Å². The van der Waals surface area contributed by atoms with Gasteiger partial charge in [0.2, 0.25) is 0 Å². The molecule has 7 nitrogen and oxygen atoms in total. The predicted octanol–water partition coefficient (Wildman–Crippen LogP) is 5.90. The summed E-state index contributed by atoms with van der Waals surface area (Å²) < 4.78 is 26.7. The number of halogens is 1. The zero-order valence-corrected chi connectivity index (χ0v) is 23.5. The van der Waals surface area contributed by atoms with Crippen molar-refractivity contribution >= 4 is 22.4 Å². The molecule has 3 aromatic rings. The van der Waals surface area contributed by atoms with Crippen LogP contribution >= 0.6 is 11.3 Å². The van der Waals surface area contributed by atoms with Gasteiger partial charge < -0.3 is 18.9 Å². The first kappa shape index (κ1) is 26.4. The second kappa shape index (κ2) is 9.84. The molecule has 2 unspecified atom stereocenters. The molecule has 1 saturated heterocycles. The van der Waals surface area contributed by atoms with Gasteiger partial charge in [-0.3, -0.25) is 4.79 Å². The first-order valence-electron chi connectivity index (χ1n) is 13.0. The molecule has 4 heterocycles. The maximum Gasteiger partial charge on any atom is 0.343 e. The number of pyridine rings is 1. The molecule has 38 heavy (non-hydrogen) atoms. The van der Waals surface area contributed by atoms with Crippen LogP contribution in [0.15, 0.2) is 35.4 Å². The summed E-state index contributed by atoms with van der Waals surface area (Å²) >= 11 is 1.52. The Morgan fingerprint density at radius 1 is 1.24 bits per heavy atom. The van der Waals surface area contributed by atoms with Crippen LogP contribution in [0.5, 0.6) is 5.75 Å². The Morgan fingerprint density at radius 3 is 2.61 bits per heavy atom. The van der Waals surface area contributed by atoms with Gasteiger partial charge in [0.05, 0.1) is 36.9 Å². The van der Waals surface area contributed by atoms with Crippen LogP contribution in [0.3, 0.4) is 0 Å². The van der Waals surface area contributed by atoms with Gasteiger partial charge in [-0.05, 0) is 42.9 Å². The second-order valence-corrected chi connectivity index (χ2v) is 12.3. The third kappa shape index (κ3) is 4.72. The van der Waals surface area contributed by atoms with Gasteiger partial charge in [-0.15, -0.1) is 0 Å². The number of fused-ring (bicyclic) bond motifs is 3. The van der Waals surface area contributed by atoms with Gasteiger partial charge in [-0.1, -0.05) is 39.0 Å². The molecule has 5 rings (SSSR count). The average Bonchev–Trinajstić information content (AvgIpc) is 3.33. The van der Waals surface area contributed by atoms with Crippen molar-refractivity contribution in [3.05, 3.63) is 51.9 Å². The van der Waals surface area contributed by atoms with E-state index in [0.29, 0.717) is 31.7 Å². The third-order valence-electron chi connectivity index (χ3n) is 7.50. The van der Waals surface area contributed by atoms with Crippen molar-refractivity contribution in [2.45, 2.75) is 65.8 Å². The lowest BCUT2D eigenvalue weighted by atomic mass is 9.78. The average molecular weight is 540 g/mol. The molecule has 0 spiro atoms. The van der Waals surface area contributed by atoms with E-state index in [1.165, 1.54) is 11.3 Å². The van der Waals surface area contributed by atoms with Gasteiger partial charge in [0, 0.05) is 35.6 Å². The monoisotopic (exact) mass is 539 g/mol. The number of anilines is 1. The van der Waals surface area contributed by atoms with E-state index < -0.39 is 12.1 Å². The van der Waals surface area contributed by atoms with Crippen LogP contribution in [0.4, 0.5) is 9.52 Å². The van der Waals surface area contributed by atoms with Crippen molar-refractivity contribution in [1.29, 1.82) is 0 Å². The topological polar surface area (TPSA) is 73.7 Å². The van der Waals surface area contributed by atoms with Crippen molar-refractivity contribution in [3.8, 4) is 27.4 Å². The molecule has 2 atom stereocenters. The molecule has 2 aliphatic rings. The Hall–Kier alpha value is -3.20. The molecule has 2 aromatic heterocycles. The molecule has 0 radical (unpaired) electrons. The van der Waals surface area contributed by atoms with Crippen molar-refractivity contribution in [2.24, 2.45) is 5.41 Å². The van der Waals surface area contributed by atoms with Crippen molar-refractivity contribution < 1.29 is 18.7 Å². The lowest BCUT2D eigenvalue weighted by Gasteiger charge is -2.39. The van der Waals surface area contributed by atoms with Crippen LogP contribution in [0.2, 0.25) is 0 Å². The molecule has 1 fully saturated rings. The van der Waals surface area contributed by atoms with Crippen molar-refractivity contribution in [2.75, 3.05) is 25.1 Å². The van der Waals surface area contributed by atoms with Gasteiger partial charge in [0.15, 0.2) is 10.6 Å². The standard InChI is InChI=1S/C29H34FN3O4S/c1-7-16(2)37-27(35)21-15-33-22(11-23(21)34)19-10-24(36-6)20(8-17(19)9-26(33)29(3,4)5)25-12-31-28(38-25)32-13-18(30)14-32/h8,10-12,15-16,18,26H,7,9,13-14H2,1-6H3. The largest absolute Gasteiger partial charge is 0.496 e. The second-order valence-electron chi connectivity index (χ2n) is 11.3. The Morgan fingerprint density at radius 2 is 1.97 bits per heavy atom. The Kier molecular flexibility index (Phi) is 6.84. The molecule has 0 saturated carbocycles. The summed E-state index contributed by atoms with van der Waals surface area (Å²) in [5.41, 5.74) is 3.20. The number of thiazole rings is 1. The lowest BCUT2D eigenvalue weighted by Crippen LogP contribution is -2.48. The molecular weight excluding hydrogens is 505 g/mol. The van der Waals surface area contributed by atoms with E-state index >= 15 is 0 Å². The molecule has 0 bridgehead atoms. The number of aromatic nitrogens is 2. The SMILES string of the molecule is CCC(C)OC(=O)c1cn2c(cc1=O)-c1cc(OC)c(-c3cnc(N4CC(F)C4)s3)cc1CC2C(C)(C)C. The van der Waals surface area contributed by atoms with E-state index in [-0.39, 0.29) is 28.6 Å². The van der Waals surface area contributed by atoms with Crippen LogP contribution in [0.1, 0.15) is 63.0 Å². The van der Waals surface area contributed by atoms with Gasteiger partial charge in [-0.25, -0.2) is 14.2 Å². The molecule has 0 N–H and O–H groups in total. The van der Waals surface area contributed by atoms with E-state index in [1.807, 2.05) is 31.0 Å². The van der Waals surface area contributed by atoms with E-state index in [4.69, 9.17) is 9.47 Å². The summed E-state index contributed by atoms with van der Waals surface area (Å²) in [4.78, 5) is 33.4. The first-order valence-corrected chi connectivity index (χ1v) is 13.9. The molecule has 2 aliphatic heterocycles. The summed E-state index contributed by atoms with van der Waals surface area (Å²) in [6.07, 6.45) is 3.81. The zero-order valence-electron chi connectivity index (χ0n) is 22.7. The van der Waals surface area contributed by atoms with E-state index in [0.717, 1.165) is 32.4 Å². The number of methoxy groups -OCH3 is 1. The van der Waals surface area contributed by atoms with E-state index in [9.17, 15) is 14.0 Å². The quantitative estimate of drug-likeness (QED) is 0.363. The summed E-state index contributed by atoms with van der Waals surface area (Å²) in [6, 6.07) is 5.64. The van der Waals surface area contributed by atoms with Crippen LogP contribution in [-0.4, -0.2) is 48.0 Å². The van der Waals surface area contributed by atoms with Gasteiger partial charge in [0.1, 0.15) is 17.5 Å². The summed E-state index contributed by atoms with van der Waals surface area (Å²) in [5, 5.41) is 0.801. The fourth-order valence-corrected chi connectivity index (χ4v) is 6.00. The number of alkyl halides is 1. The van der Waals surface area contributed by atoms with Gasteiger partial charge in [0.25, 0.3) is 0 Å². The number of rotatable bonds is 6. The maximum absolute atomic E-state index is 13.4. The van der Waals surface area contributed by atoms with Gasteiger partial charge >= 0.3 is 5.97 Å². The number of carbonyl (C=O) groups excluding carboxylic acids is 1. The van der Waals surface area contributed by atoms with E-state index in [1.54, 1.807) is 19.4 Å². The highest BCUT2D eigenvalue weighted by molar-refractivity contribution is 7.19. The number of nitrogens with zero attached hydrogens (tertiary/aromatic N) is 3. The molecule has 9 heteroatoms. The van der Waals surface area contributed by atoms with Crippen LogP contribution < -0.4 is 15.1 Å². The minimum atomic E-state index is -0.796. The molecule has 0 aliphatic carbocycles. The number of benzene rings is 1. The maximum atomic E-state index is 13.4. The van der Waals surface area contributed by atoms with Crippen molar-refractivity contribution in [3.63, 3.8) is 0 Å². The van der Waals surface area contributed by atoms with Gasteiger partial charge in [-0.2, -0.15) is 0 Å². The molecule has 0 amide bonds. The number of carbonyl (C=O) groups is 1. The highest BCUT2D eigenvalue weighted by Gasteiger charge is 2.35. The smallest absolute Gasteiger partial charge is 0.343 e. The summed E-state index contributed by atoms with van der Waals surface area (Å²) in [7, 11) is 1.62. The number of hydrogen-bond acceptors (Lipinski definition) is 7. The minimum Gasteiger partial charge on any atom is -0.496 e. The number of ether oxygens (including phenoxy) is 2. The Balaban J connectivity index is 1.61. The first-order chi connectivity index (χ1) is 18.0. The Bertz CT molecular complexity index is 1430. The van der Waals surface area contributed by atoms with Crippen LogP contribution in [-0.2, 0) is 11.2 Å².